The van der Waals surface area contributed by atoms with E-state index in [9.17, 15) is 4.79 Å². The Morgan fingerprint density at radius 1 is 1.46 bits per heavy atom. The zero-order valence-electron chi connectivity index (χ0n) is 7.92. The van der Waals surface area contributed by atoms with E-state index >= 15 is 0 Å². The summed E-state index contributed by atoms with van der Waals surface area (Å²) in [6, 6.07) is 0. The maximum atomic E-state index is 11.3. The summed E-state index contributed by atoms with van der Waals surface area (Å²) in [6.45, 7) is 1.76. The number of ketones is 1. The van der Waals surface area contributed by atoms with Crippen LogP contribution in [-0.4, -0.2) is 20.0 Å². The second kappa shape index (κ2) is 3.98. The zero-order valence-corrected chi connectivity index (χ0v) is 7.92. The molecule has 0 saturated carbocycles. The van der Waals surface area contributed by atoms with Crippen LogP contribution in [0.25, 0.3) is 0 Å². The van der Waals surface area contributed by atoms with E-state index in [1.807, 2.05) is 0 Å². The molecule has 13 heavy (non-hydrogen) atoms. The highest BCUT2D eigenvalue weighted by Gasteiger charge is 2.19. The van der Waals surface area contributed by atoms with Crippen LogP contribution in [0, 0.1) is 0 Å². The third-order valence-corrected chi connectivity index (χ3v) is 1.71. The summed E-state index contributed by atoms with van der Waals surface area (Å²) in [5, 5.41) is 0. The van der Waals surface area contributed by atoms with Crippen molar-refractivity contribution >= 4 is 5.78 Å². The molecule has 0 aromatic carbocycles. The van der Waals surface area contributed by atoms with Crippen LogP contribution in [0.5, 0.6) is 11.5 Å². The maximum absolute atomic E-state index is 11.3. The number of hydrogen-bond donors (Lipinski definition) is 0. The predicted molar refractivity (Wildman–Crippen MR) is 46.4 cm³/mol. The highest BCUT2D eigenvalue weighted by molar-refractivity contribution is 5.96. The molecule has 1 aromatic rings. The maximum Gasteiger partial charge on any atom is 0.215 e. The lowest BCUT2D eigenvalue weighted by molar-refractivity contribution is 0.0957. The fourth-order valence-corrected chi connectivity index (χ4v) is 1.02. The molecule has 1 heterocycles. The van der Waals surface area contributed by atoms with Crippen molar-refractivity contribution in [2.45, 2.75) is 13.3 Å². The Bertz CT molecular complexity index is 301. The minimum atomic E-state index is -0.0971. The molecule has 0 atom stereocenters. The van der Waals surface area contributed by atoms with E-state index in [-0.39, 0.29) is 11.5 Å². The molecular weight excluding hydrogens is 172 g/mol. The van der Waals surface area contributed by atoms with E-state index in [4.69, 9.17) is 13.9 Å². The van der Waals surface area contributed by atoms with Gasteiger partial charge in [-0.25, -0.2) is 0 Å². The lowest BCUT2D eigenvalue weighted by Gasteiger charge is -2.00. The Hall–Kier alpha value is -1.45. The van der Waals surface area contributed by atoms with Crippen molar-refractivity contribution in [1.29, 1.82) is 0 Å². The number of furan rings is 1. The molecule has 0 bridgehead atoms. The van der Waals surface area contributed by atoms with Crippen molar-refractivity contribution in [3.05, 3.63) is 12.0 Å². The van der Waals surface area contributed by atoms with Crippen LogP contribution in [-0.2, 0) is 0 Å². The minimum Gasteiger partial charge on any atom is -0.490 e. The summed E-state index contributed by atoms with van der Waals surface area (Å²) < 4.78 is 15.0. The summed E-state index contributed by atoms with van der Waals surface area (Å²) in [6.07, 6.45) is 1.74. The molecule has 0 saturated heterocycles. The number of hydrogen-bond acceptors (Lipinski definition) is 4. The smallest absolute Gasteiger partial charge is 0.215 e. The average molecular weight is 184 g/mol. The second-order valence-corrected chi connectivity index (χ2v) is 2.44. The molecule has 0 unspecified atom stereocenters. The van der Waals surface area contributed by atoms with Crippen molar-refractivity contribution < 1.29 is 18.7 Å². The first-order valence-electron chi connectivity index (χ1n) is 3.97. The molecule has 0 aliphatic carbocycles. The van der Waals surface area contributed by atoms with Crippen molar-refractivity contribution in [2.75, 3.05) is 14.2 Å². The second-order valence-electron chi connectivity index (χ2n) is 2.44. The predicted octanol–water partition coefficient (Wildman–Crippen LogP) is 1.89. The Kier molecular flexibility index (Phi) is 2.95. The number of carbonyl (C=O) groups is 1. The van der Waals surface area contributed by atoms with Gasteiger partial charge in [-0.05, 0) is 0 Å². The van der Waals surface area contributed by atoms with Gasteiger partial charge in [-0.2, -0.15) is 0 Å². The molecule has 0 fully saturated rings. The summed E-state index contributed by atoms with van der Waals surface area (Å²) >= 11 is 0. The first-order valence-corrected chi connectivity index (χ1v) is 3.97. The quantitative estimate of drug-likeness (QED) is 0.670. The van der Waals surface area contributed by atoms with Crippen molar-refractivity contribution in [2.24, 2.45) is 0 Å². The molecule has 4 heteroatoms. The van der Waals surface area contributed by atoms with Crippen LogP contribution in [0.1, 0.15) is 23.9 Å². The lowest BCUT2D eigenvalue weighted by atomic mass is 10.2. The molecule has 0 radical (unpaired) electrons. The topological polar surface area (TPSA) is 48.7 Å². The fourth-order valence-electron chi connectivity index (χ4n) is 1.02. The van der Waals surface area contributed by atoms with Gasteiger partial charge in [-0.1, -0.05) is 6.92 Å². The zero-order chi connectivity index (χ0) is 9.84. The van der Waals surface area contributed by atoms with Gasteiger partial charge in [0.2, 0.25) is 17.3 Å². The standard InChI is InChI=1S/C9H12O4/c1-4-6(10)8-9(12-3)7(11-2)5-13-8/h5H,4H2,1-3H3. The molecule has 1 aromatic heterocycles. The van der Waals surface area contributed by atoms with Gasteiger partial charge < -0.3 is 13.9 Å². The van der Waals surface area contributed by atoms with E-state index in [1.165, 1.54) is 20.5 Å². The number of methoxy groups -OCH3 is 2. The van der Waals surface area contributed by atoms with Crippen molar-refractivity contribution in [3.8, 4) is 11.5 Å². The SMILES string of the molecule is CCC(=O)c1occ(OC)c1OC. The third kappa shape index (κ3) is 1.66. The normalized spacial score (nSPS) is 9.77. The Labute approximate surface area is 76.4 Å². The molecule has 0 aliphatic rings. The molecule has 72 valence electrons. The van der Waals surface area contributed by atoms with Gasteiger partial charge in [0.05, 0.1) is 14.2 Å². The van der Waals surface area contributed by atoms with Gasteiger partial charge in [-0.15, -0.1) is 0 Å². The third-order valence-electron chi connectivity index (χ3n) is 1.71. The number of rotatable bonds is 4. The molecule has 0 N–H and O–H groups in total. The summed E-state index contributed by atoms with van der Waals surface area (Å²) in [7, 11) is 2.97. The first-order chi connectivity index (χ1) is 6.24. The largest absolute Gasteiger partial charge is 0.490 e. The molecular formula is C9H12O4. The van der Waals surface area contributed by atoms with E-state index < -0.39 is 0 Å². The van der Waals surface area contributed by atoms with Gasteiger partial charge in [-0.3, -0.25) is 4.79 Å². The van der Waals surface area contributed by atoms with E-state index in [0.29, 0.717) is 17.9 Å². The van der Waals surface area contributed by atoms with Gasteiger partial charge in [0.25, 0.3) is 0 Å². The van der Waals surface area contributed by atoms with Gasteiger partial charge in [0.15, 0.2) is 5.75 Å². The minimum absolute atomic E-state index is 0.0971. The van der Waals surface area contributed by atoms with Crippen LogP contribution in [0.15, 0.2) is 10.7 Å². The monoisotopic (exact) mass is 184 g/mol. The summed E-state index contributed by atoms with van der Waals surface area (Å²) in [5.41, 5.74) is 0. The van der Waals surface area contributed by atoms with Crippen LogP contribution in [0.2, 0.25) is 0 Å². The van der Waals surface area contributed by atoms with Crippen LogP contribution in [0.3, 0.4) is 0 Å². The number of Topliss-reactive ketones (excluding diaryl/α,β-unsaturated/α-hetero) is 1. The van der Waals surface area contributed by atoms with Crippen molar-refractivity contribution in [1.82, 2.24) is 0 Å². The van der Waals surface area contributed by atoms with Gasteiger partial charge in [0, 0.05) is 6.42 Å². The average Bonchev–Trinajstić information content (AvgIpc) is 2.58. The molecule has 1 rings (SSSR count). The highest BCUT2D eigenvalue weighted by atomic mass is 16.5. The molecule has 4 nitrogen and oxygen atoms in total. The van der Waals surface area contributed by atoms with Gasteiger partial charge >= 0.3 is 0 Å². The highest BCUT2D eigenvalue weighted by Crippen LogP contribution is 2.33. The first kappa shape index (κ1) is 9.64. The summed E-state index contributed by atoms with van der Waals surface area (Å²) in [4.78, 5) is 11.3. The van der Waals surface area contributed by atoms with Crippen LogP contribution < -0.4 is 9.47 Å². The lowest BCUT2D eigenvalue weighted by Crippen LogP contribution is -1.97. The van der Waals surface area contributed by atoms with Crippen LogP contribution >= 0.6 is 0 Å². The Morgan fingerprint density at radius 2 is 2.15 bits per heavy atom. The van der Waals surface area contributed by atoms with E-state index in [1.54, 1.807) is 6.92 Å². The molecule has 0 spiro atoms. The molecule has 0 aliphatic heterocycles. The van der Waals surface area contributed by atoms with E-state index in [0.717, 1.165) is 0 Å². The number of carbonyl (C=O) groups excluding carboxylic acids is 1. The van der Waals surface area contributed by atoms with E-state index in [2.05, 4.69) is 0 Å². The fraction of sp³-hybridized carbons (Fsp3) is 0.444. The van der Waals surface area contributed by atoms with Crippen molar-refractivity contribution in [3.63, 3.8) is 0 Å². The Morgan fingerprint density at radius 3 is 2.62 bits per heavy atom. The number of ether oxygens (including phenoxy) is 2. The molecule has 0 amide bonds. The summed E-state index contributed by atoms with van der Waals surface area (Å²) in [5.74, 6) is 0.940. The van der Waals surface area contributed by atoms with Crippen LogP contribution in [0.4, 0.5) is 0 Å². The van der Waals surface area contributed by atoms with Gasteiger partial charge in [0.1, 0.15) is 6.26 Å². The Balaban J connectivity index is 3.07.